The maximum atomic E-state index is 13.2. The smallest absolute Gasteiger partial charge is 0.227 e. The Bertz CT molecular complexity index is 1360. The summed E-state index contributed by atoms with van der Waals surface area (Å²) in [6.07, 6.45) is 0.377. The Morgan fingerprint density at radius 3 is 2.63 bits per heavy atom. The number of methoxy groups -OCH3 is 2. The monoisotopic (exact) mass is 471 g/mol. The Labute approximate surface area is 204 Å². The van der Waals surface area contributed by atoms with Gasteiger partial charge in [0.1, 0.15) is 29.7 Å². The number of rotatable bonds is 8. The Hall–Kier alpha value is -4.00. The molecule has 0 aliphatic carbocycles. The normalized spacial score (nSPS) is 15.6. The van der Waals surface area contributed by atoms with Gasteiger partial charge in [-0.2, -0.15) is 0 Å². The van der Waals surface area contributed by atoms with Crippen molar-refractivity contribution in [3.63, 3.8) is 0 Å². The van der Waals surface area contributed by atoms with Gasteiger partial charge in [0.25, 0.3) is 0 Å². The first-order valence-corrected chi connectivity index (χ1v) is 11.7. The highest BCUT2D eigenvalue weighted by atomic mass is 16.5. The summed E-state index contributed by atoms with van der Waals surface area (Å²) < 4.78 is 19.1. The van der Waals surface area contributed by atoms with Gasteiger partial charge in [0, 0.05) is 24.9 Å². The van der Waals surface area contributed by atoms with Crippen LogP contribution in [0.15, 0.2) is 66.7 Å². The average molecular weight is 472 g/mol. The molecule has 3 aromatic carbocycles. The van der Waals surface area contributed by atoms with Crippen molar-refractivity contribution in [1.82, 2.24) is 9.55 Å². The maximum Gasteiger partial charge on any atom is 0.227 e. The zero-order valence-corrected chi connectivity index (χ0v) is 20.2. The highest BCUT2D eigenvalue weighted by molar-refractivity contribution is 5.98. The fraction of sp³-hybridized carbons (Fsp3) is 0.286. The number of carbonyl (C=O) groups excluding carboxylic acids is 1. The Morgan fingerprint density at radius 1 is 0.971 bits per heavy atom. The number of hydrogen-bond donors (Lipinski definition) is 0. The average Bonchev–Trinajstić information content (AvgIpc) is 3.44. The van der Waals surface area contributed by atoms with E-state index in [0.717, 1.165) is 28.2 Å². The number of amides is 1. The first-order valence-electron chi connectivity index (χ1n) is 11.7. The molecule has 4 aromatic rings. The lowest BCUT2D eigenvalue weighted by Crippen LogP contribution is -2.25. The summed E-state index contributed by atoms with van der Waals surface area (Å²) in [5.74, 6) is 3.05. The molecule has 0 unspecified atom stereocenters. The number of imidazole rings is 1. The zero-order valence-electron chi connectivity index (χ0n) is 20.2. The lowest BCUT2D eigenvalue weighted by molar-refractivity contribution is -0.117. The van der Waals surface area contributed by atoms with Crippen LogP contribution in [0.5, 0.6) is 17.2 Å². The van der Waals surface area contributed by atoms with Gasteiger partial charge in [-0.25, -0.2) is 4.98 Å². The van der Waals surface area contributed by atoms with Crippen molar-refractivity contribution >= 4 is 22.6 Å². The summed E-state index contributed by atoms with van der Waals surface area (Å²) in [7, 11) is 3.22. The van der Waals surface area contributed by atoms with Crippen LogP contribution in [0.25, 0.3) is 11.0 Å². The molecule has 1 amide bonds. The van der Waals surface area contributed by atoms with Crippen LogP contribution in [-0.4, -0.2) is 42.8 Å². The SMILES string of the molecule is COc1ccc(OC)c(N2C[C@H](c3nc4ccccc4n3CCOc3cccc(C)c3)CC2=O)c1. The summed E-state index contributed by atoms with van der Waals surface area (Å²) in [5.41, 5.74) is 3.83. The topological polar surface area (TPSA) is 65.8 Å². The minimum Gasteiger partial charge on any atom is -0.497 e. The standard InChI is InChI=1S/C28H29N3O4/c1-19-7-6-8-22(15-19)35-14-13-30-24-10-5-4-9-23(24)29-28(30)20-16-27(32)31(18-20)25-17-21(33-2)11-12-26(25)34-3/h4-12,15,17,20H,13-14,16,18H2,1-3H3/t20-/m1/s1. The molecule has 1 aliphatic rings. The second kappa shape index (κ2) is 9.70. The molecule has 0 saturated carbocycles. The maximum absolute atomic E-state index is 13.2. The van der Waals surface area contributed by atoms with E-state index in [-0.39, 0.29) is 11.8 Å². The largest absolute Gasteiger partial charge is 0.497 e. The third kappa shape index (κ3) is 4.54. The number of anilines is 1. The lowest BCUT2D eigenvalue weighted by atomic mass is 10.1. The Kier molecular flexibility index (Phi) is 6.31. The van der Waals surface area contributed by atoms with Crippen LogP contribution in [-0.2, 0) is 11.3 Å². The van der Waals surface area contributed by atoms with E-state index >= 15 is 0 Å². The summed E-state index contributed by atoms with van der Waals surface area (Å²) in [6, 6.07) is 21.6. The molecular weight excluding hydrogens is 442 g/mol. The van der Waals surface area contributed by atoms with Crippen LogP contribution in [0.2, 0.25) is 0 Å². The summed E-state index contributed by atoms with van der Waals surface area (Å²) in [6.45, 7) is 3.71. The van der Waals surface area contributed by atoms with Crippen molar-refractivity contribution in [2.45, 2.75) is 25.8 Å². The van der Waals surface area contributed by atoms with Gasteiger partial charge < -0.3 is 23.7 Å². The highest BCUT2D eigenvalue weighted by Gasteiger charge is 2.36. The molecule has 0 N–H and O–H groups in total. The predicted octanol–water partition coefficient (Wildman–Crippen LogP) is 4.96. The molecule has 1 atom stereocenters. The number of carbonyl (C=O) groups is 1. The van der Waals surface area contributed by atoms with Crippen LogP contribution in [0.4, 0.5) is 5.69 Å². The van der Waals surface area contributed by atoms with Crippen LogP contribution in [0.1, 0.15) is 23.7 Å². The fourth-order valence-corrected chi connectivity index (χ4v) is 4.72. The van der Waals surface area contributed by atoms with Crippen LogP contribution < -0.4 is 19.1 Å². The summed E-state index contributed by atoms with van der Waals surface area (Å²) >= 11 is 0. The molecule has 1 saturated heterocycles. The van der Waals surface area contributed by atoms with Crippen molar-refractivity contribution < 1.29 is 19.0 Å². The van der Waals surface area contributed by atoms with E-state index in [0.29, 0.717) is 43.3 Å². The van der Waals surface area contributed by atoms with Crippen LogP contribution >= 0.6 is 0 Å². The molecule has 180 valence electrons. The van der Waals surface area contributed by atoms with Gasteiger partial charge in [-0.3, -0.25) is 4.79 Å². The number of para-hydroxylation sites is 2. The first kappa shape index (κ1) is 22.8. The minimum absolute atomic E-state index is 0.0381. The van der Waals surface area contributed by atoms with Gasteiger partial charge in [-0.1, -0.05) is 24.3 Å². The number of aromatic nitrogens is 2. The molecule has 7 heteroatoms. The number of aryl methyl sites for hydroxylation is 1. The molecule has 1 fully saturated rings. The molecule has 35 heavy (non-hydrogen) atoms. The van der Waals surface area contributed by atoms with Crippen molar-refractivity contribution in [3.05, 3.63) is 78.1 Å². The quantitative estimate of drug-likeness (QED) is 0.363. The van der Waals surface area contributed by atoms with Crippen molar-refractivity contribution in [3.8, 4) is 17.2 Å². The number of nitrogens with zero attached hydrogens (tertiary/aromatic N) is 3. The van der Waals surface area contributed by atoms with Crippen molar-refractivity contribution in [2.24, 2.45) is 0 Å². The van der Waals surface area contributed by atoms with Crippen LogP contribution in [0.3, 0.4) is 0 Å². The van der Waals surface area contributed by atoms with Gasteiger partial charge >= 0.3 is 0 Å². The third-order valence-corrected chi connectivity index (χ3v) is 6.42. The van der Waals surface area contributed by atoms with Gasteiger partial charge in [0.2, 0.25) is 5.91 Å². The van der Waals surface area contributed by atoms with Gasteiger partial charge in [-0.05, 0) is 48.9 Å². The number of hydrogen-bond acceptors (Lipinski definition) is 5. The van der Waals surface area contributed by atoms with Crippen molar-refractivity contribution in [2.75, 3.05) is 32.3 Å². The molecule has 0 radical (unpaired) electrons. The number of benzene rings is 3. The summed E-state index contributed by atoms with van der Waals surface area (Å²) in [4.78, 5) is 19.9. The molecule has 0 bridgehead atoms. The molecule has 5 rings (SSSR count). The second-order valence-electron chi connectivity index (χ2n) is 8.72. The van der Waals surface area contributed by atoms with Gasteiger partial charge in [0.05, 0.1) is 37.5 Å². The van der Waals surface area contributed by atoms with E-state index in [9.17, 15) is 4.79 Å². The molecule has 7 nitrogen and oxygen atoms in total. The lowest BCUT2D eigenvalue weighted by Gasteiger charge is -2.20. The van der Waals surface area contributed by atoms with E-state index in [1.54, 1.807) is 19.1 Å². The summed E-state index contributed by atoms with van der Waals surface area (Å²) in [5, 5.41) is 0. The number of ether oxygens (including phenoxy) is 3. The van der Waals surface area contributed by atoms with E-state index < -0.39 is 0 Å². The first-order chi connectivity index (χ1) is 17.1. The van der Waals surface area contributed by atoms with E-state index in [2.05, 4.69) is 23.6 Å². The van der Waals surface area contributed by atoms with E-state index in [4.69, 9.17) is 19.2 Å². The van der Waals surface area contributed by atoms with Gasteiger partial charge in [0.15, 0.2) is 0 Å². The van der Waals surface area contributed by atoms with E-state index in [1.807, 2.05) is 54.6 Å². The third-order valence-electron chi connectivity index (χ3n) is 6.42. The van der Waals surface area contributed by atoms with E-state index in [1.165, 1.54) is 0 Å². The number of fused-ring (bicyclic) bond motifs is 1. The second-order valence-corrected chi connectivity index (χ2v) is 8.72. The van der Waals surface area contributed by atoms with Crippen molar-refractivity contribution in [1.29, 1.82) is 0 Å². The fourth-order valence-electron chi connectivity index (χ4n) is 4.72. The molecule has 1 aromatic heterocycles. The van der Waals surface area contributed by atoms with Crippen LogP contribution in [0, 0.1) is 6.92 Å². The minimum atomic E-state index is -0.0511. The predicted molar refractivity (Wildman–Crippen MR) is 136 cm³/mol. The Balaban J connectivity index is 1.42. The molecular formula is C28H29N3O4. The Morgan fingerprint density at radius 2 is 1.83 bits per heavy atom. The molecule has 2 heterocycles. The highest BCUT2D eigenvalue weighted by Crippen LogP contribution is 2.39. The molecule has 1 aliphatic heterocycles. The molecule has 0 spiro atoms. The van der Waals surface area contributed by atoms with Gasteiger partial charge in [-0.15, -0.1) is 0 Å². The zero-order chi connectivity index (χ0) is 24.4.